The van der Waals surface area contributed by atoms with E-state index in [1.54, 1.807) is 0 Å². The average molecular weight is 337 g/mol. The summed E-state index contributed by atoms with van der Waals surface area (Å²) in [5.41, 5.74) is 0. The van der Waals surface area contributed by atoms with Crippen LogP contribution in [0.1, 0.15) is 25.3 Å². The minimum absolute atomic E-state index is 0. The van der Waals surface area contributed by atoms with Gasteiger partial charge in [-0.1, -0.05) is 25.2 Å². The number of hydrogen-bond acceptors (Lipinski definition) is 6. The topological polar surface area (TPSA) is 66.9 Å². The van der Waals surface area contributed by atoms with Gasteiger partial charge in [-0.15, -0.1) is 22.6 Å². The molecule has 5 nitrogen and oxygen atoms in total. The molecule has 0 bridgehead atoms. The quantitative estimate of drug-likeness (QED) is 0.862. The second-order valence-corrected chi connectivity index (χ2v) is 7.29. The van der Waals surface area contributed by atoms with Gasteiger partial charge in [-0.2, -0.15) is 11.8 Å². The SMILES string of the molecule is CC(C)Cc1nnc(NC(=O)CC2CSCCN2)s1.Cl. The summed E-state index contributed by atoms with van der Waals surface area (Å²) in [6.07, 6.45) is 1.42. The van der Waals surface area contributed by atoms with E-state index in [9.17, 15) is 4.79 Å². The van der Waals surface area contributed by atoms with Gasteiger partial charge in [-0.25, -0.2) is 0 Å². The molecule has 0 radical (unpaired) electrons. The van der Waals surface area contributed by atoms with Crippen molar-refractivity contribution in [2.24, 2.45) is 5.92 Å². The molecule has 8 heteroatoms. The van der Waals surface area contributed by atoms with Gasteiger partial charge >= 0.3 is 0 Å². The number of anilines is 1. The molecule has 1 amide bonds. The fraction of sp³-hybridized carbons (Fsp3) is 0.750. The second kappa shape index (κ2) is 8.81. The van der Waals surface area contributed by atoms with E-state index in [1.807, 2.05) is 11.8 Å². The Morgan fingerprint density at radius 3 is 2.95 bits per heavy atom. The first-order chi connectivity index (χ1) is 9.13. The van der Waals surface area contributed by atoms with Crippen molar-refractivity contribution in [2.75, 3.05) is 23.4 Å². The highest BCUT2D eigenvalue weighted by Gasteiger charge is 2.17. The number of amides is 1. The van der Waals surface area contributed by atoms with Crippen LogP contribution >= 0.6 is 35.5 Å². The van der Waals surface area contributed by atoms with Crippen molar-refractivity contribution < 1.29 is 4.79 Å². The first-order valence-corrected chi connectivity index (χ1v) is 8.54. The smallest absolute Gasteiger partial charge is 0.227 e. The van der Waals surface area contributed by atoms with Gasteiger partial charge < -0.3 is 10.6 Å². The zero-order valence-corrected chi connectivity index (χ0v) is 14.2. The Morgan fingerprint density at radius 2 is 2.30 bits per heavy atom. The predicted molar refractivity (Wildman–Crippen MR) is 88.1 cm³/mol. The minimum Gasteiger partial charge on any atom is -0.312 e. The van der Waals surface area contributed by atoms with Gasteiger partial charge in [0.1, 0.15) is 5.01 Å². The number of thioether (sulfide) groups is 1. The molecule has 0 spiro atoms. The van der Waals surface area contributed by atoms with E-state index in [4.69, 9.17) is 0 Å². The lowest BCUT2D eigenvalue weighted by atomic mass is 10.1. The molecule has 2 heterocycles. The highest BCUT2D eigenvalue weighted by atomic mass is 35.5. The second-order valence-electron chi connectivity index (χ2n) is 5.08. The number of halogens is 1. The van der Waals surface area contributed by atoms with E-state index in [2.05, 4.69) is 34.7 Å². The van der Waals surface area contributed by atoms with Crippen molar-refractivity contribution in [3.05, 3.63) is 5.01 Å². The number of carbonyl (C=O) groups is 1. The number of aromatic nitrogens is 2. The summed E-state index contributed by atoms with van der Waals surface area (Å²) in [6, 6.07) is 0.279. The van der Waals surface area contributed by atoms with Crippen LogP contribution < -0.4 is 10.6 Å². The molecule has 1 aliphatic heterocycles. The van der Waals surface area contributed by atoms with Crippen molar-refractivity contribution >= 4 is 46.5 Å². The molecule has 1 atom stereocenters. The van der Waals surface area contributed by atoms with Crippen LogP contribution in [0, 0.1) is 5.92 Å². The largest absolute Gasteiger partial charge is 0.312 e. The molecule has 114 valence electrons. The third kappa shape index (κ3) is 5.95. The average Bonchev–Trinajstić information content (AvgIpc) is 2.76. The normalized spacial score (nSPS) is 18.6. The van der Waals surface area contributed by atoms with Crippen LogP contribution in [0.2, 0.25) is 0 Å². The highest BCUT2D eigenvalue weighted by Crippen LogP contribution is 2.19. The zero-order valence-electron chi connectivity index (χ0n) is 11.7. The van der Waals surface area contributed by atoms with E-state index >= 15 is 0 Å². The number of nitrogens with one attached hydrogen (secondary N) is 2. The van der Waals surface area contributed by atoms with Crippen LogP contribution in [-0.2, 0) is 11.2 Å². The fourth-order valence-corrected chi connectivity index (χ4v) is 3.80. The molecule has 1 aliphatic rings. The Hall–Kier alpha value is -0.370. The Labute approximate surface area is 134 Å². The summed E-state index contributed by atoms with van der Waals surface area (Å²) < 4.78 is 0. The molecule has 0 saturated carbocycles. The third-order valence-electron chi connectivity index (χ3n) is 2.73. The maximum atomic E-state index is 11.9. The summed E-state index contributed by atoms with van der Waals surface area (Å²) in [5, 5.41) is 15.9. The van der Waals surface area contributed by atoms with Gasteiger partial charge in [-0.3, -0.25) is 4.79 Å². The minimum atomic E-state index is 0. The number of rotatable bonds is 5. The van der Waals surface area contributed by atoms with Crippen LogP contribution in [0.4, 0.5) is 5.13 Å². The highest BCUT2D eigenvalue weighted by molar-refractivity contribution is 7.99. The Bertz CT molecular complexity index is 421. The zero-order chi connectivity index (χ0) is 13.7. The lowest BCUT2D eigenvalue weighted by Gasteiger charge is -2.22. The number of hydrogen-bond donors (Lipinski definition) is 2. The molecule has 0 aromatic carbocycles. The third-order valence-corrected chi connectivity index (χ3v) is 4.72. The van der Waals surface area contributed by atoms with Gasteiger partial charge in [0.25, 0.3) is 0 Å². The Kier molecular flexibility index (Phi) is 7.79. The Balaban J connectivity index is 0.00000200. The molecular formula is C12H21ClN4OS2. The summed E-state index contributed by atoms with van der Waals surface area (Å²) in [4.78, 5) is 11.9. The van der Waals surface area contributed by atoms with E-state index in [-0.39, 0.29) is 24.4 Å². The first-order valence-electron chi connectivity index (χ1n) is 6.57. The molecule has 2 rings (SSSR count). The van der Waals surface area contributed by atoms with Gasteiger partial charge in [-0.05, 0) is 5.92 Å². The van der Waals surface area contributed by atoms with Gasteiger partial charge in [0.05, 0.1) is 0 Å². The first kappa shape index (κ1) is 17.7. The molecule has 1 aromatic heterocycles. The van der Waals surface area contributed by atoms with Crippen molar-refractivity contribution in [3.63, 3.8) is 0 Å². The fourth-order valence-electron chi connectivity index (χ4n) is 1.88. The molecule has 1 fully saturated rings. The standard InChI is InChI=1S/C12H20N4OS2.ClH/c1-8(2)5-11-15-16-12(19-11)14-10(17)6-9-7-18-4-3-13-9;/h8-9,13H,3-7H2,1-2H3,(H,14,16,17);1H. The lowest BCUT2D eigenvalue weighted by molar-refractivity contribution is -0.116. The molecule has 1 aromatic rings. The van der Waals surface area contributed by atoms with Crippen LogP contribution in [-0.4, -0.2) is 40.2 Å². The van der Waals surface area contributed by atoms with Gasteiger partial charge in [0.15, 0.2) is 0 Å². The van der Waals surface area contributed by atoms with Gasteiger partial charge in [0.2, 0.25) is 11.0 Å². The van der Waals surface area contributed by atoms with E-state index < -0.39 is 0 Å². The maximum Gasteiger partial charge on any atom is 0.227 e. The van der Waals surface area contributed by atoms with Crippen LogP contribution in [0.25, 0.3) is 0 Å². The monoisotopic (exact) mass is 336 g/mol. The molecule has 0 aliphatic carbocycles. The summed E-state index contributed by atoms with van der Waals surface area (Å²) in [6.45, 7) is 5.28. The van der Waals surface area contributed by atoms with Crippen molar-refractivity contribution in [1.29, 1.82) is 0 Å². The summed E-state index contributed by atoms with van der Waals surface area (Å²) in [5.74, 6) is 2.71. The number of carbonyl (C=O) groups excluding carboxylic acids is 1. The van der Waals surface area contributed by atoms with Crippen molar-refractivity contribution in [1.82, 2.24) is 15.5 Å². The van der Waals surface area contributed by atoms with Crippen molar-refractivity contribution in [2.45, 2.75) is 32.7 Å². The number of nitrogens with zero attached hydrogens (tertiary/aromatic N) is 2. The van der Waals surface area contributed by atoms with E-state index in [0.717, 1.165) is 29.5 Å². The molecule has 1 saturated heterocycles. The van der Waals surface area contributed by atoms with E-state index in [0.29, 0.717) is 17.5 Å². The molecular weight excluding hydrogens is 316 g/mol. The van der Waals surface area contributed by atoms with Crippen LogP contribution in [0.5, 0.6) is 0 Å². The summed E-state index contributed by atoms with van der Waals surface area (Å²) >= 11 is 3.37. The molecule has 20 heavy (non-hydrogen) atoms. The summed E-state index contributed by atoms with van der Waals surface area (Å²) in [7, 11) is 0. The van der Waals surface area contributed by atoms with E-state index in [1.165, 1.54) is 11.3 Å². The molecule has 2 N–H and O–H groups in total. The maximum absolute atomic E-state index is 11.9. The molecule has 1 unspecified atom stereocenters. The van der Waals surface area contributed by atoms with Crippen LogP contribution in [0.3, 0.4) is 0 Å². The Morgan fingerprint density at radius 1 is 1.50 bits per heavy atom. The van der Waals surface area contributed by atoms with Crippen molar-refractivity contribution in [3.8, 4) is 0 Å². The van der Waals surface area contributed by atoms with Crippen LogP contribution in [0.15, 0.2) is 0 Å². The lowest BCUT2D eigenvalue weighted by Crippen LogP contribution is -2.39. The van der Waals surface area contributed by atoms with Gasteiger partial charge in [0, 0.05) is 36.9 Å². The predicted octanol–water partition coefficient (Wildman–Crippen LogP) is 2.19.